The molecule has 1 N–H and O–H groups in total. The van der Waals surface area contributed by atoms with E-state index in [0.29, 0.717) is 6.04 Å². The minimum Gasteiger partial charge on any atom is -0.314 e. The van der Waals surface area contributed by atoms with Gasteiger partial charge >= 0.3 is 0 Å². The smallest absolute Gasteiger partial charge is 0.0449 e. The lowest BCUT2D eigenvalue weighted by Gasteiger charge is -2.28. The molecule has 0 fully saturated rings. The highest BCUT2D eigenvalue weighted by Crippen LogP contribution is 2.26. The highest BCUT2D eigenvalue weighted by atomic mass is 79.9. The van der Waals surface area contributed by atoms with Crippen molar-refractivity contribution < 1.29 is 0 Å². The molecule has 0 aromatic heterocycles. The van der Waals surface area contributed by atoms with Gasteiger partial charge in [-0.15, -0.1) is 0 Å². The summed E-state index contributed by atoms with van der Waals surface area (Å²) in [6, 6.07) is 6.75. The van der Waals surface area contributed by atoms with Crippen molar-refractivity contribution in [1.29, 1.82) is 0 Å². The van der Waals surface area contributed by atoms with Gasteiger partial charge in [-0.05, 0) is 49.4 Å². The Hall–Kier alpha value is -0.0500. The van der Waals surface area contributed by atoms with Gasteiger partial charge in [-0.1, -0.05) is 67.2 Å². The summed E-state index contributed by atoms with van der Waals surface area (Å²) >= 11 is 9.85. The first kappa shape index (κ1) is 18.0. The van der Waals surface area contributed by atoms with E-state index in [2.05, 4.69) is 54.2 Å². The van der Waals surface area contributed by atoms with Crippen LogP contribution in [-0.2, 0) is 6.42 Å². The third-order valence-corrected chi connectivity index (χ3v) is 4.65. The summed E-state index contributed by atoms with van der Waals surface area (Å²) in [5, 5.41) is 4.54. The fourth-order valence-corrected chi connectivity index (χ4v) is 3.63. The van der Waals surface area contributed by atoms with Crippen LogP contribution in [0.5, 0.6) is 0 Å². The quantitative estimate of drug-likeness (QED) is 0.583. The van der Waals surface area contributed by atoms with Crippen molar-refractivity contribution >= 4 is 27.5 Å². The van der Waals surface area contributed by atoms with Crippen molar-refractivity contribution in [3.05, 3.63) is 33.3 Å². The molecule has 3 heteroatoms. The molecule has 0 amide bonds. The molecular formula is C17H27BrClN. The topological polar surface area (TPSA) is 12.0 Å². The molecule has 0 saturated carbocycles. The highest BCUT2D eigenvalue weighted by Gasteiger charge is 2.20. The fraction of sp³-hybridized carbons (Fsp3) is 0.647. The molecule has 1 atom stereocenters. The Balaban J connectivity index is 2.83. The predicted molar refractivity (Wildman–Crippen MR) is 93.6 cm³/mol. The molecule has 1 rings (SSSR count). The minimum absolute atomic E-state index is 0.526. The van der Waals surface area contributed by atoms with Crippen LogP contribution in [0.1, 0.15) is 52.0 Å². The molecule has 0 aliphatic heterocycles. The maximum atomic E-state index is 6.37. The van der Waals surface area contributed by atoms with Crippen molar-refractivity contribution in [3.63, 3.8) is 0 Å². The lowest BCUT2D eigenvalue weighted by Crippen LogP contribution is -2.38. The highest BCUT2D eigenvalue weighted by molar-refractivity contribution is 9.10. The van der Waals surface area contributed by atoms with Gasteiger partial charge in [0.2, 0.25) is 0 Å². The molecule has 0 heterocycles. The van der Waals surface area contributed by atoms with Gasteiger partial charge in [-0.2, -0.15) is 0 Å². The van der Waals surface area contributed by atoms with Crippen LogP contribution in [0.25, 0.3) is 0 Å². The third kappa shape index (κ3) is 5.75. The van der Waals surface area contributed by atoms with E-state index in [9.17, 15) is 0 Å². The van der Waals surface area contributed by atoms with Crippen molar-refractivity contribution in [2.45, 2.75) is 58.9 Å². The maximum Gasteiger partial charge on any atom is 0.0449 e. The van der Waals surface area contributed by atoms with Crippen LogP contribution in [0.4, 0.5) is 0 Å². The Morgan fingerprint density at radius 2 is 1.80 bits per heavy atom. The van der Waals surface area contributed by atoms with E-state index in [4.69, 9.17) is 11.6 Å². The monoisotopic (exact) mass is 359 g/mol. The minimum atomic E-state index is 0.526. The first-order chi connectivity index (χ1) is 9.62. The van der Waals surface area contributed by atoms with Gasteiger partial charge in [-0.25, -0.2) is 0 Å². The number of halogens is 2. The number of hydrogen-bond acceptors (Lipinski definition) is 1. The van der Waals surface area contributed by atoms with Gasteiger partial charge in [0.05, 0.1) is 0 Å². The van der Waals surface area contributed by atoms with E-state index >= 15 is 0 Å². The Morgan fingerprint density at radius 1 is 1.15 bits per heavy atom. The van der Waals surface area contributed by atoms with Gasteiger partial charge in [0.15, 0.2) is 0 Å². The molecule has 0 spiro atoms. The summed E-state index contributed by atoms with van der Waals surface area (Å²) < 4.78 is 1.05. The molecule has 0 radical (unpaired) electrons. The summed E-state index contributed by atoms with van der Waals surface area (Å²) in [7, 11) is 0. The van der Waals surface area contributed by atoms with Crippen molar-refractivity contribution in [3.8, 4) is 0 Å². The molecule has 0 saturated heterocycles. The largest absolute Gasteiger partial charge is 0.314 e. The van der Waals surface area contributed by atoms with Crippen LogP contribution in [0.2, 0.25) is 5.02 Å². The van der Waals surface area contributed by atoms with E-state index in [1.807, 2.05) is 6.07 Å². The lowest BCUT2D eigenvalue weighted by molar-refractivity contribution is 0.312. The van der Waals surface area contributed by atoms with Crippen molar-refractivity contribution in [1.82, 2.24) is 5.32 Å². The van der Waals surface area contributed by atoms with Crippen LogP contribution in [0.15, 0.2) is 22.7 Å². The standard InChI is InChI=1S/C17H27BrClN/c1-4-7-13(8-5-2)17(20-6-3)11-14-9-10-15(18)12-16(14)19/h9-10,12-13,17,20H,4-8,11H2,1-3H3. The second-order valence-corrected chi connectivity index (χ2v) is 6.76. The van der Waals surface area contributed by atoms with Crippen LogP contribution in [0, 0.1) is 5.92 Å². The second-order valence-electron chi connectivity index (χ2n) is 5.44. The first-order valence-corrected chi connectivity index (χ1v) is 8.96. The molecule has 1 unspecified atom stereocenters. The SMILES string of the molecule is CCCC(CCC)C(Cc1ccc(Br)cc1Cl)NCC. The zero-order chi connectivity index (χ0) is 15.0. The van der Waals surface area contributed by atoms with Crippen molar-refractivity contribution in [2.75, 3.05) is 6.54 Å². The van der Waals surface area contributed by atoms with E-state index in [0.717, 1.165) is 28.4 Å². The van der Waals surface area contributed by atoms with Crippen LogP contribution < -0.4 is 5.32 Å². The Bertz CT molecular complexity index is 389. The molecule has 114 valence electrons. The Morgan fingerprint density at radius 3 is 2.30 bits per heavy atom. The van der Waals surface area contributed by atoms with Crippen LogP contribution in [0.3, 0.4) is 0 Å². The summed E-state index contributed by atoms with van der Waals surface area (Å²) in [6.07, 6.45) is 6.10. The molecule has 1 aromatic carbocycles. The van der Waals surface area contributed by atoms with Gasteiger partial charge in [0.1, 0.15) is 0 Å². The molecule has 0 aliphatic carbocycles. The average molecular weight is 361 g/mol. The second kappa shape index (κ2) is 9.81. The molecule has 20 heavy (non-hydrogen) atoms. The third-order valence-electron chi connectivity index (χ3n) is 3.81. The molecule has 0 bridgehead atoms. The van der Waals surface area contributed by atoms with E-state index in [1.165, 1.54) is 31.2 Å². The number of hydrogen-bond donors (Lipinski definition) is 1. The summed E-state index contributed by atoms with van der Waals surface area (Å²) in [5.74, 6) is 0.740. The van der Waals surface area contributed by atoms with E-state index < -0.39 is 0 Å². The van der Waals surface area contributed by atoms with Gasteiger partial charge in [-0.3, -0.25) is 0 Å². The number of likely N-dealkylation sites (N-methyl/N-ethyl adjacent to an activating group) is 1. The van der Waals surface area contributed by atoms with Crippen LogP contribution in [-0.4, -0.2) is 12.6 Å². The normalized spacial score (nSPS) is 12.9. The van der Waals surface area contributed by atoms with Gasteiger partial charge < -0.3 is 5.32 Å². The van der Waals surface area contributed by atoms with Gasteiger partial charge in [0.25, 0.3) is 0 Å². The molecule has 0 aliphatic rings. The predicted octanol–water partition coefficient (Wildman–Crippen LogP) is 5.84. The maximum absolute atomic E-state index is 6.37. The zero-order valence-electron chi connectivity index (χ0n) is 12.9. The summed E-state index contributed by atoms with van der Waals surface area (Å²) in [5.41, 5.74) is 1.25. The zero-order valence-corrected chi connectivity index (χ0v) is 15.2. The van der Waals surface area contributed by atoms with Crippen molar-refractivity contribution in [2.24, 2.45) is 5.92 Å². The Labute approximate surface area is 137 Å². The summed E-state index contributed by atoms with van der Waals surface area (Å²) in [4.78, 5) is 0. The number of nitrogens with one attached hydrogen (secondary N) is 1. The molecule has 1 nitrogen and oxygen atoms in total. The average Bonchev–Trinajstić information content (AvgIpc) is 2.41. The van der Waals surface area contributed by atoms with Gasteiger partial charge in [0, 0.05) is 15.5 Å². The van der Waals surface area contributed by atoms with E-state index in [1.54, 1.807) is 0 Å². The fourth-order valence-electron chi connectivity index (χ4n) is 2.88. The molecular weight excluding hydrogens is 334 g/mol. The summed E-state index contributed by atoms with van der Waals surface area (Å²) in [6.45, 7) is 7.75. The van der Waals surface area contributed by atoms with Crippen LogP contribution >= 0.6 is 27.5 Å². The Kier molecular flexibility index (Phi) is 8.83. The van der Waals surface area contributed by atoms with E-state index in [-0.39, 0.29) is 0 Å². The number of rotatable bonds is 9. The lowest BCUT2D eigenvalue weighted by atomic mass is 9.86. The first-order valence-electron chi connectivity index (χ1n) is 7.79. The molecule has 1 aromatic rings. The number of benzene rings is 1.